The van der Waals surface area contributed by atoms with E-state index in [9.17, 15) is 0 Å². The van der Waals surface area contributed by atoms with Gasteiger partial charge in [-0.3, -0.25) is 0 Å². The van der Waals surface area contributed by atoms with Crippen LogP contribution in [0.4, 0.5) is 0 Å². The van der Waals surface area contributed by atoms with E-state index in [4.69, 9.17) is 5.73 Å². The zero-order valence-electron chi connectivity index (χ0n) is 7.66. The van der Waals surface area contributed by atoms with E-state index >= 15 is 0 Å². The molecule has 1 unspecified atom stereocenters. The fourth-order valence-corrected chi connectivity index (χ4v) is 3.63. The fraction of sp³-hybridized carbons (Fsp3) is 0.600. The monoisotopic (exact) mass is 259 g/mol. The lowest BCUT2D eigenvalue weighted by molar-refractivity contribution is 0.573. The van der Waals surface area contributed by atoms with Crippen LogP contribution in [-0.2, 0) is 0 Å². The van der Waals surface area contributed by atoms with Gasteiger partial charge in [0.25, 0.3) is 0 Å². The third kappa shape index (κ3) is 1.83. The summed E-state index contributed by atoms with van der Waals surface area (Å²) < 4.78 is 1.19. The van der Waals surface area contributed by atoms with Crippen molar-refractivity contribution in [1.82, 2.24) is 0 Å². The first kappa shape index (κ1) is 9.69. The van der Waals surface area contributed by atoms with Gasteiger partial charge in [-0.1, -0.05) is 13.3 Å². The van der Waals surface area contributed by atoms with Crippen LogP contribution >= 0.6 is 27.3 Å². The summed E-state index contributed by atoms with van der Waals surface area (Å²) in [5.41, 5.74) is 6.19. The lowest BCUT2D eigenvalue weighted by atomic mass is 10.1. The van der Waals surface area contributed by atoms with Crippen LogP contribution in [0.2, 0.25) is 0 Å². The maximum Gasteiger partial charge on any atom is 0.0432 e. The molecular formula is C10H14BrNS. The molecule has 0 amide bonds. The van der Waals surface area contributed by atoms with E-state index in [1.165, 1.54) is 22.2 Å². The van der Waals surface area contributed by atoms with E-state index in [2.05, 4.69) is 34.3 Å². The first-order chi connectivity index (χ1) is 6.24. The molecule has 0 aliphatic heterocycles. The van der Waals surface area contributed by atoms with E-state index < -0.39 is 0 Å². The van der Waals surface area contributed by atoms with Crippen LogP contribution < -0.4 is 5.73 Å². The second-order valence-corrected chi connectivity index (χ2v) is 5.53. The lowest BCUT2D eigenvalue weighted by Crippen LogP contribution is -2.12. The first-order valence-electron chi connectivity index (χ1n) is 4.72. The number of hydrogen-bond acceptors (Lipinski definition) is 2. The van der Waals surface area contributed by atoms with Gasteiger partial charge in [0.1, 0.15) is 0 Å². The summed E-state index contributed by atoms with van der Waals surface area (Å²) in [6, 6.07) is 2.35. The summed E-state index contributed by atoms with van der Waals surface area (Å²) in [5.74, 6) is 1.61. The third-order valence-corrected chi connectivity index (χ3v) is 4.88. The Labute approximate surface area is 91.5 Å². The Morgan fingerprint density at radius 1 is 1.77 bits per heavy atom. The zero-order valence-corrected chi connectivity index (χ0v) is 10.1. The molecule has 3 heteroatoms. The van der Waals surface area contributed by atoms with E-state index in [-0.39, 0.29) is 6.04 Å². The fourth-order valence-electron chi connectivity index (χ4n) is 1.92. The van der Waals surface area contributed by atoms with E-state index in [0.717, 1.165) is 11.8 Å². The van der Waals surface area contributed by atoms with Crippen LogP contribution in [0.25, 0.3) is 0 Å². The Hall–Kier alpha value is 0.140. The number of hydrogen-bond donors (Lipinski definition) is 1. The summed E-state index contributed by atoms with van der Waals surface area (Å²) in [4.78, 5) is 1.32. The van der Waals surface area contributed by atoms with Gasteiger partial charge in [-0.15, -0.1) is 11.3 Å². The Kier molecular flexibility index (Phi) is 2.77. The van der Waals surface area contributed by atoms with Crippen molar-refractivity contribution in [2.75, 3.05) is 0 Å². The molecule has 13 heavy (non-hydrogen) atoms. The normalized spacial score (nSPS) is 28.8. The molecule has 0 radical (unpaired) electrons. The molecule has 1 heterocycles. The second-order valence-electron chi connectivity index (χ2n) is 3.73. The number of rotatable bonds is 3. The van der Waals surface area contributed by atoms with Crippen LogP contribution in [-0.4, -0.2) is 0 Å². The highest BCUT2D eigenvalue weighted by Crippen LogP contribution is 2.50. The van der Waals surface area contributed by atoms with Gasteiger partial charge in [0, 0.05) is 15.4 Å². The smallest absolute Gasteiger partial charge is 0.0432 e. The maximum atomic E-state index is 6.19. The van der Waals surface area contributed by atoms with Crippen molar-refractivity contribution in [1.29, 1.82) is 0 Å². The zero-order chi connectivity index (χ0) is 9.42. The molecular weight excluding hydrogens is 246 g/mol. The Morgan fingerprint density at radius 2 is 2.54 bits per heavy atom. The molecule has 1 aromatic heterocycles. The van der Waals surface area contributed by atoms with Crippen molar-refractivity contribution in [3.8, 4) is 0 Å². The van der Waals surface area contributed by atoms with Crippen LogP contribution in [0.3, 0.4) is 0 Å². The Morgan fingerprint density at radius 3 is 3.00 bits per heavy atom. The minimum absolute atomic E-state index is 0.263. The van der Waals surface area contributed by atoms with Gasteiger partial charge < -0.3 is 5.73 Å². The SMILES string of the molecule is CC[C@@H]1C[C@H]1C(N)c1sccc1Br. The molecule has 1 fully saturated rings. The van der Waals surface area contributed by atoms with Crippen molar-refractivity contribution in [3.63, 3.8) is 0 Å². The number of nitrogens with two attached hydrogens (primary N) is 1. The first-order valence-corrected chi connectivity index (χ1v) is 6.39. The minimum atomic E-state index is 0.263. The highest BCUT2D eigenvalue weighted by atomic mass is 79.9. The molecule has 72 valence electrons. The predicted octanol–water partition coefficient (Wildman–Crippen LogP) is 3.56. The summed E-state index contributed by atoms with van der Waals surface area (Å²) >= 11 is 5.30. The van der Waals surface area contributed by atoms with Crippen LogP contribution in [0.5, 0.6) is 0 Å². The minimum Gasteiger partial charge on any atom is -0.323 e. The van der Waals surface area contributed by atoms with Gasteiger partial charge in [-0.05, 0) is 45.6 Å². The van der Waals surface area contributed by atoms with Gasteiger partial charge in [0.05, 0.1) is 0 Å². The van der Waals surface area contributed by atoms with Gasteiger partial charge >= 0.3 is 0 Å². The second kappa shape index (κ2) is 3.71. The lowest BCUT2D eigenvalue weighted by Gasteiger charge is -2.09. The molecule has 0 saturated heterocycles. The summed E-state index contributed by atoms with van der Waals surface area (Å²) in [7, 11) is 0. The van der Waals surface area contributed by atoms with Crippen LogP contribution in [0.15, 0.2) is 15.9 Å². The number of thiophene rings is 1. The maximum absolute atomic E-state index is 6.19. The molecule has 2 N–H and O–H groups in total. The molecule has 1 aromatic rings. The van der Waals surface area contributed by atoms with E-state index in [0.29, 0.717) is 0 Å². The van der Waals surface area contributed by atoms with Gasteiger partial charge in [-0.25, -0.2) is 0 Å². The van der Waals surface area contributed by atoms with Crippen LogP contribution in [0, 0.1) is 11.8 Å². The van der Waals surface area contributed by atoms with Gasteiger partial charge in [0.15, 0.2) is 0 Å². The molecule has 1 nitrogen and oxygen atoms in total. The molecule has 2 rings (SSSR count). The Bertz CT molecular complexity index is 297. The molecule has 1 aliphatic carbocycles. The van der Waals surface area contributed by atoms with Crippen LogP contribution in [0.1, 0.15) is 30.7 Å². The molecule has 0 aromatic carbocycles. The van der Waals surface area contributed by atoms with E-state index in [1.54, 1.807) is 11.3 Å². The van der Waals surface area contributed by atoms with Gasteiger partial charge in [0.2, 0.25) is 0 Å². The Balaban J connectivity index is 2.06. The predicted molar refractivity (Wildman–Crippen MR) is 60.8 cm³/mol. The largest absolute Gasteiger partial charge is 0.323 e. The molecule has 3 atom stereocenters. The highest BCUT2D eigenvalue weighted by Gasteiger charge is 2.41. The van der Waals surface area contributed by atoms with Crippen molar-refractivity contribution in [2.45, 2.75) is 25.8 Å². The molecule has 1 saturated carbocycles. The summed E-state index contributed by atoms with van der Waals surface area (Å²) in [6.45, 7) is 2.25. The standard InChI is InChI=1S/C10H14BrNS/c1-2-6-5-7(6)9(12)10-8(11)3-4-13-10/h3-4,6-7,9H,2,5,12H2,1H3/t6-,7-,9?/m1/s1. The third-order valence-electron chi connectivity index (χ3n) is 2.91. The van der Waals surface area contributed by atoms with Gasteiger partial charge in [-0.2, -0.15) is 0 Å². The summed E-state index contributed by atoms with van der Waals surface area (Å²) in [5, 5.41) is 2.10. The molecule has 0 spiro atoms. The average molecular weight is 260 g/mol. The number of halogens is 1. The van der Waals surface area contributed by atoms with Crippen molar-refractivity contribution in [2.24, 2.45) is 17.6 Å². The van der Waals surface area contributed by atoms with Crippen molar-refractivity contribution >= 4 is 27.3 Å². The quantitative estimate of drug-likeness (QED) is 0.883. The van der Waals surface area contributed by atoms with Crippen molar-refractivity contribution < 1.29 is 0 Å². The van der Waals surface area contributed by atoms with E-state index in [1.807, 2.05) is 0 Å². The highest BCUT2D eigenvalue weighted by molar-refractivity contribution is 9.10. The average Bonchev–Trinajstić information content (AvgIpc) is 2.80. The summed E-state index contributed by atoms with van der Waals surface area (Å²) in [6.07, 6.45) is 2.60. The van der Waals surface area contributed by atoms with Crippen molar-refractivity contribution in [3.05, 3.63) is 20.8 Å². The molecule has 0 bridgehead atoms. The molecule has 1 aliphatic rings. The topological polar surface area (TPSA) is 26.0 Å².